The van der Waals surface area contributed by atoms with E-state index in [4.69, 9.17) is 5.11 Å². The number of carboxylic acid groups (broad SMARTS) is 1. The summed E-state index contributed by atoms with van der Waals surface area (Å²) in [5.41, 5.74) is 1.07. The number of piperazine rings is 1. The molecule has 0 unspecified atom stereocenters. The first-order valence-corrected chi connectivity index (χ1v) is 10.6. The maximum atomic E-state index is 13.9. The summed E-state index contributed by atoms with van der Waals surface area (Å²) < 4.78 is 13.9. The lowest BCUT2D eigenvalue weighted by Crippen LogP contribution is -2.49. The molecule has 162 valence electrons. The standard InChI is InChI=1S/C22H22FN3O4S/c23-18-6-1-2-7-19(18)25-10-12-26(13-11-25)21(28)15-31-17-5-3-4-16(14-17)24-20(27)8-9-22(29)30/h1-9,14H,10-13,15H2,(H,24,27)(H,29,30)/b9-8+. The van der Waals surface area contributed by atoms with Crippen LogP contribution in [0.1, 0.15) is 0 Å². The quantitative estimate of drug-likeness (QED) is 0.505. The zero-order valence-corrected chi connectivity index (χ0v) is 17.5. The third-order valence-corrected chi connectivity index (χ3v) is 5.65. The molecule has 2 amide bonds. The molecular weight excluding hydrogens is 421 g/mol. The molecule has 1 aliphatic heterocycles. The van der Waals surface area contributed by atoms with Gasteiger partial charge >= 0.3 is 5.97 Å². The van der Waals surface area contributed by atoms with E-state index in [1.54, 1.807) is 41.3 Å². The fraction of sp³-hybridized carbons (Fsp3) is 0.227. The lowest BCUT2D eigenvalue weighted by molar-refractivity contribution is -0.131. The van der Waals surface area contributed by atoms with E-state index in [-0.39, 0.29) is 17.5 Å². The highest BCUT2D eigenvalue weighted by molar-refractivity contribution is 8.00. The Bertz CT molecular complexity index is 990. The monoisotopic (exact) mass is 443 g/mol. The van der Waals surface area contributed by atoms with Crippen molar-refractivity contribution in [2.75, 3.05) is 42.1 Å². The van der Waals surface area contributed by atoms with Gasteiger partial charge in [-0.15, -0.1) is 11.8 Å². The highest BCUT2D eigenvalue weighted by Gasteiger charge is 2.22. The van der Waals surface area contributed by atoms with Crippen LogP contribution in [0.25, 0.3) is 0 Å². The first-order valence-electron chi connectivity index (χ1n) is 9.64. The Labute approximate surface area is 183 Å². The van der Waals surface area contributed by atoms with Crippen molar-refractivity contribution < 1.29 is 23.9 Å². The molecule has 1 saturated heterocycles. The Kier molecular flexibility index (Phi) is 7.66. The number of hydrogen-bond acceptors (Lipinski definition) is 5. The zero-order valence-electron chi connectivity index (χ0n) is 16.7. The molecule has 0 spiro atoms. The van der Waals surface area contributed by atoms with Crippen molar-refractivity contribution in [3.8, 4) is 0 Å². The fourth-order valence-electron chi connectivity index (χ4n) is 3.14. The molecule has 0 atom stereocenters. The smallest absolute Gasteiger partial charge is 0.328 e. The van der Waals surface area contributed by atoms with E-state index >= 15 is 0 Å². The fourth-order valence-corrected chi connectivity index (χ4v) is 3.99. The van der Waals surface area contributed by atoms with Crippen LogP contribution in [-0.4, -0.2) is 59.7 Å². The van der Waals surface area contributed by atoms with Crippen molar-refractivity contribution >= 4 is 40.9 Å². The van der Waals surface area contributed by atoms with Crippen LogP contribution < -0.4 is 10.2 Å². The number of nitrogens with one attached hydrogen (secondary N) is 1. The number of carboxylic acids is 1. The summed E-state index contributed by atoms with van der Waals surface area (Å²) in [6.45, 7) is 2.20. The lowest BCUT2D eigenvalue weighted by atomic mass is 10.2. The molecule has 0 aromatic heterocycles. The second-order valence-corrected chi connectivity index (χ2v) is 7.85. The Morgan fingerprint density at radius 2 is 1.77 bits per heavy atom. The minimum atomic E-state index is -1.20. The summed E-state index contributed by atoms with van der Waals surface area (Å²) in [4.78, 5) is 39.3. The molecule has 9 heteroatoms. The molecular formula is C22H22FN3O4S. The number of rotatable bonds is 7. The zero-order chi connectivity index (χ0) is 22.2. The van der Waals surface area contributed by atoms with E-state index < -0.39 is 11.9 Å². The molecule has 7 nitrogen and oxygen atoms in total. The summed E-state index contributed by atoms with van der Waals surface area (Å²) in [6.07, 6.45) is 1.70. The summed E-state index contributed by atoms with van der Waals surface area (Å²) in [5.74, 6) is -1.77. The number of aliphatic carboxylic acids is 1. The van der Waals surface area contributed by atoms with Crippen LogP contribution in [0.3, 0.4) is 0 Å². The number of amides is 2. The maximum Gasteiger partial charge on any atom is 0.328 e. The topological polar surface area (TPSA) is 89.9 Å². The van der Waals surface area contributed by atoms with Gasteiger partial charge in [-0.05, 0) is 30.3 Å². The number of halogens is 1. The van der Waals surface area contributed by atoms with Gasteiger partial charge in [0.2, 0.25) is 11.8 Å². The molecule has 2 aromatic carbocycles. The first-order chi connectivity index (χ1) is 14.9. The third-order valence-electron chi connectivity index (χ3n) is 4.67. The molecule has 0 bridgehead atoms. The summed E-state index contributed by atoms with van der Waals surface area (Å²) in [7, 11) is 0. The molecule has 0 saturated carbocycles. The molecule has 0 aliphatic carbocycles. The van der Waals surface area contributed by atoms with Crippen LogP contribution in [0.15, 0.2) is 65.6 Å². The van der Waals surface area contributed by atoms with E-state index in [0.29, 0.717) is 37.6 Å². The van der Waals surface area contributed by atoms with Gasteiger partial charge in [-0.1, -0.05) is 18.2 Å². The highest BCUT2D eigenvalue weighted by atomic mass is 32.2. The molecule has 3 rings (SSSR count). The van der Waals surface area contributed by atoms with Gasteiger partial charge < -0.3 is 20.2 Å². The summed E-state index contributed by atoms with van der Waals surface area (Å²) in [6, 6.07) is 13.6. The molecule has 1 heterocycles. The SMILES string of the molecule is O=C(O)/C=C/C(=O)Nc1cccc(SCC(=O)N2CCN(c3ccccc3F)CC2)c1. The predicted molar refractivity (Wildman–Crippen MR) is 118 cm³/mol. The van der Waals surface area contributed by atoms with Gasteiger partial charge in [0.15, 0.2) is 0 Å². The molecule has 0 radical (unpaired) electrons. The number of para-hydroxylation sites is 1. The number of carbonyl (C=O) groups is 3. The molecule has 1 fully saturated rings. The molecule has 1 aliphatic rings. The second-order valence-electron chi connectivity index (χ2n) is 6.80. The maximum absolute atomic E-state index is 13.9. The number of carbonyl (C=O) groups excluding carboxylic acids is 2. The van der Waals surface area contributed by atoms with Crippen LogP contribution in [0.2, 0.25) is 0 Å². The largest absolute Gasteiger partial charge is 0.478 e. The molecule has 2 N–H and O–H groups in total. The van der Waals surface area contributed by atoms with Crippen LogP contribution >= 0.6 is 11.8 Å². The minimum Gasteiger partial charge on any atom is -0.478 e. The van der Waals surface area contributed by atoms with Crippen LogP contribution in [0.5, 0.6) is 0 Å². The van der Waals surface area contributed by atoms with Crippen LogP contribution in [0, 0.1) is 5.82 Å². The van der Waals surface area contributed by atoms with Crippen LogP contribution in [-0.2, 0) is 14.4 Å². The number of nitrogens with zero attached hydrogens (tertiary/aromatic N) is 2. The van der Waals surface area contributed by atoms with Gasteiger partial charge in [0.05, 0.1) is 11.4 Å². The van der Waals surface area contributed by atoms with Crippen molar-refractivity contribution in [2.45, 2.75) is 4.90 Å². The normalized spacial score (nSPS) is 14.0. The van der Waals surface area contributed by atoms with Gasteiger partial charge in [-0.25, -0.2) is 9.18 Å². The second kappa shape index (κ2) is 10.6. The summed E-state index contributed by atoms with van der Waals surface area (Å²) >= 11 is 1.35. The number of hydrogen-bond donors (Lipinski definition) is 2. The Hall–Kier alpha value is -3.33. The first kappa shape index (κ1) is 22.4. The number of thioether (sulfide) groups is 1. The van der Waals surface area contributed by atoms with Gasteiger partial charge in [0, 0.05) is 48.9 Å². The molecule has 2 aromatic rings. The average Bonchev–Trinajstić information content (AvgIpc) is 2.77. The van der Waals surface area contributed by atoms with E-state index in [1.165, 1.54) is 17.8 Å². The summed E-state index contributed by atoms with van der Waals surface area (Å²) in [5, 5.41) is 11.1. The van der Waals surface area contributed by atoms with Crippen molar-refractivity contribution in [1.82, 2.24) is 4.90 Å². The lowest BCUT2D eigenvalue weighted by Gasteiger charge is -2.36. The Morgan fingerprint density at radius 3 is 2.48 bits per heavy atom. The Balaban J connectivity index is 1.48. The van der Waals surface area contributed by atoms with Crippen molar-refractivity contribution in [2.24, 2.45) is 0 Å². The Morgan fingerprint density at radius 1 is 1.03 bits per heavy atom. The molecule has 31 heavy (non-hydrogen) atoms. The van der Waals surface area contributed by atoms with E-state index in [1.807, 2.05) is 11.0 Å². The predicted octanol–water partition coefficient (Wildman–Crippen LogP) is 2.85. The van der Waals surface area contributed by atoms with Crippen molar-refractivity contribution in [3.63, 3.8) is 0 Å². The highest BCUT2D eigenvalue weighted by Crippen LogP contribution is 2.23. The van der Waals surface area contributed by atoms with Crippen LogP contribution in [0.4, 0.5) is 15.8 Å². The minimum absolute atomic E-state index is 0.00277. The number of benzene rings is 2. The number of anilines is 2. The van der Waals surface area contributed by atoms with Gasteiger partial charge in [0.1, 0.15) is 5.82 Å². The van der Waals surface area contributed by atoms with Gasteiger partial charge in [-0.3, -0.25) is 9.59 Å². The van der Waals surface area contributed by atoms with E-state index in [0.717, 1.165) is 17.0 Å². The third kappa shape index (κ3) is 6.58. The van der Waals surface area contributed by atoms with E-state index in [9.17, 15) is 18.8 Å². The van der Waals surface area contributed by atoms with E-state index in [2.05, 4.69) is 5.32 Å². The van der Waals surface area contributed by atoms with Crippen molar-refractivity contribution in [1.29, 1.82) is 0 Å². The van der Waals surface area contributed by atoms with Gasteiger partial charge in [-0.2, -0.15) is 0 Å². The van der Waals surface area contributed by atoms with Gasteiger partial charge in [0.25, 0.3) is 0 Å². The van der Waals surface area contributed by atoms with Crippen molar-refractivity contribution in [3.05, 3.63) is 66.5 Å². The average molecular weight is 444 g/mol.